The quantitative estimate of drug-likeness (QED) is 0.839. The number of rotatable bonds is 6. The van der Waals surface area contributed by atoms with E-state index >= 15 is 0 Å². The normalized spacial score (nSPS) is 14.2. The number of hydrogen-bond donors (Lipinski definition) is 2. The molecule has 0 fully saturated rings. The van der Waals surface area contributed by atoms with Crippen LogP contribution >= 0.6 is 0 Å². The van der Waals surface area contributed by atoms with Gasteiger partial charge in [-0.25, -0.2) is 0 Å². The standard InChI is InChI=1S/C17H23NO2/c1-4-12(2)18-11-16-9-10-17(20-16)15-7-5-14(6-8-15)13(3)19/h5-10,12-13,18-19H,4,11H2,1-3H3/t12-,13+/m0/s1. The fraction of sp³-hybridized carbons (Fsp3) is 0.412. The number of hydrogen-bond acceptors (Lipinski definition) is 3. The highest BCUT2D eigenvalue weighted by Gasteiger charge is 2.07. The van der Waals surface area contributed by atoms with E-state index in [1.54, 1.807) is 6.92 Å². The van der Waals surface area contributed by atoms with E-state index in [-0.39, 0.29) is 0 Å². The molecule has 108 valence electrons. The molecule has 1 aromatic carbocycles. The first-order chi connectivity index (χ1) is 9.60. The van der Waals surface area contributed by atoms with E-state index in [0.717, 1.165) is 35.6 Å². The smallest absolute Gasteiger partial charge is 0.134 e. The molecule has 3 nitrogen and oxygen atoms in total. The Morgan fingerprint density at radius 2 is 1.80 bits per heavy atom. The van der Waals surface area contributed by atoms with Crippen molar-refractivity contribution in [3.63, 3.8) is 0 Å². The molecule has 2 rings (SSSR count). The Morgan fingerprint density at radius 1 is 1.10 bits per heavy atom. The third-order valence-corrected chi connectivity index (χ3v) is 3.58. The molecular weight excluding hydrogens is 250 g/mol. The Morgan fingerprint density at radius 3 is 2.40 bits per heavy atom. The fourth-order valence-electron chi connectivity index (χ4n) is 1.97. The Bertz CT molecular complexity index is 528. The molecule has 0 amide bonds. The summed E-state index contributed by atoms with van der Waals surface area (Å²) in [6, 6.07) is 12.3. The number of aliphatic hydroxyl groups is 1. The van der Waals surface area contributed by atoms with E-state index in [9.17, 15) is 5.11 Å². The maximum atomic E-state index is 9.50. The molecule has 0 saturated carbocycles. The van der Waals surface area contributed by atoms with Crippen LogP contribution in [-0.4, -0.2) is 11.1 Å². The molecule has 1 aromatic heterocycles. The minimum atomic E-state index is -0.434. The third kappa shape index (κ3) is 3.71. The molecule has 0 bridgehead atoms. The predicted molar refractivity (Wildman–Crippen MR) is 81.4 cm³/mol. The van der Waals surface area contributed by atoms with E-state index in [0.29, 0.717) is 6.04 Å². The van der Waals surface area contributed by atoms with Gasteiger partial charge in [-0.1, -0.05) is 31.2 Å². The fourth-order valence-corrected chi connectivity index (χ4v) is 1.97. The van der Waals surface area contributed by atoms with E-state index in [1.807, 2.05) is 36.4 Å². The van der Waals surface area contributed by atoms with Gasteiger partial charge in [0, 0.05) is 11.6 Å². The summed E-state index contributed by atoms with van der Waals surface area (Å²) in [5.74, 6) is 1.81. The minimum Gasteiger partial charge on any atom is -0.460 e. The summed E-state index contributed by atoms with van der Waals surface area (Å²) < 4.78 is 5.84. The molecule has 0 spiro atoms. The molecule has 2 atom stereocenters. The molecule has 20 heavy (non-hydrogen) atoms. The van der Waals surface area contributed by atoms with Crippen LogP contribution in [0.4, 0.5) is 0 Å². The summed E-state index contributed by atoms with van der Waals surface area (Å²) in [7, 11) is 0. The average Bonchev–Trinajstić information content (AvgIpc) is 2.93. The maximum absolute atomic E-state index is 9.50. The largest absolute Gasteiger partial charge is 0.460 e. The van der Waals surface area contributed by atoms with Crippen molar-refractivity contribution in [2.24, 2.45) is 0 Å². The van der Waals surface area contributed by atoms with Crippen molar-refractivity contribution in [3.05, 3.63) is 47.7 Å². The van der Waals surface area contributed by atoms with Gasteiger partial charge in [-0.3, -0.25) is 0 Å². The van der Waals surface area contributed by atoms with Crippen molar-refractivity contribution in [1.29, 1.82) is 0 Å². The van der Waals surface area contributed by atoms with Crippen molar-refractivity contribution in [3.8, 4) is 11.3 Å². The summed E-state index contributed by atoms with van der Waals surface area (Å²) in [6.45, 7) is 6.84. The maximum Gasteiger partial charge on any atom is 0.134 e. The van der Waals surface area contributed by atoms with E-state index in [2.05, 4.69) is 19.2 Å². The number of aliphatic hydroxyl groups excluding tert-OH is 1. The average molecular weight is 273 g/mol. The number of furan rings is 1. The van der Waals surface area contributed by atoms with Crippen molar-refractivity contribution >= 4 is 0 Å². The Balaban J connectivity index is 2.04. The zero-order chi connectivity index (χ0) is 14.5. The van der Waals surface area contributed by atoms with Gasteiger partial charge < -0.3 is 14.8 Å². The lowest BCUT2D eigenvalue weighted by Crippen LogP contribution is -2.24. The van der Waals surface area contributed by atoms with Gasteiger partial charge in [0.1, 0.15) is 11.5 Å². The summed E-state index contributed by atoms with van der Waals surface area (Å²) in [5.41, 5.74) is 1.95. The topological polar surface area (TPSA) is 45.4 Å². The molecule has 0 saturated heterocycles. The molecule has 2 aromatic rings. The van der Waals surface area contributed by atoms with Crippen molar-refractivity contribution in [2.45, 2.75) is 45.9 Å². The first-order valence-electron chi connectivity index (χ1n) is 7.20. The van der Waals surface area contributed by atoms with Gasteiger partial charge in [0.2, 0.25) is 0 Å². The van der Waals surface area contributed by atoms with Crippen LogP contribution < -0.4 is 5.32 Å². The van der Waals surface area contributed by atoms with Crippen molar-refractivity contribution < 1.29 is 9.52 Å². The van der Waals surface area contributed by atoms with Crippen LogP contribution in [-0.2, 0) is 6.54 Å². The first-order valence-corrected chi connectivity index (χ1v) is 7.20. The molecule has 0 radical (unpaired) electrons. The van der Waals surface area contributed by atoms with Crippen LogP contribution in [0, 0.1) is 0 Å². The van der Waals surface area contributed by atoms with Crippen LogP contribution in [0.3, 0.4) is 0 Å². The van der Waals surface area contributed by atoms with Crippen LogP contribution in [0.15, 0.2) is 40.8 Å². The lowest BCUT2D eigenvalue weighted by Gasteiger charge is -2.09. The van der Waals surface area contributed by atoms with Gasteiger partial charge >= 0.3 is 0 Å². The highest BCUT2D eigenvalue weighted by atomic mass is 16.3. The van der Waals surface area contributed by atoms with Gasteiger partial charge in [-0.2, -0.15) is 0 Å². The molecule has 2 N–H and O–H groups in total. The molecule has 3 heteroatoms. The van der Waals surface area contributed by atoms with Crippen LogP contribution in [0.2, 0.25) is 0 Å². The third-order valence-electron chi connectivity index (χ3n) is 3.58. The summed E-state index contributed by atoms with van der Waals surface area (Å²) >= 11 is 0. The molecule has 0 unspecified atom stereocenters. The first kappa shape index (κ1) is 14.8. The van der Waals surface area contributed by atoms with Crippen LogP contribution in [0.5, 0.6) is 0 Å². The van der Waals surface area contributed by atoms with Gasteiger partial charge in [0.05, 0.1) is 12.6 Å². The Hall–Kier alpha value is -1.58. The van der Waals surface area contributed by atoms with E-state index in [4.69, 9.17) is 4.42 Å². The summed E-state index contributed by atoms with van der Waals surface area (Å²) in [4.78, 5) is 0. The van der Waals surface area contributed by atoms with Gasteiger partial charge in [-0.15, -0.1) is 0 Å². The van der Waals surface area contributed by atoms with Crippen LogP contribution in [0.25, 0.3) is 11.3 Å². The summed E-state index contributed by atoms with van der Waals surface area (Å²) in [5, 5.41) is 12.9. The van der Waals surface area contributed by atoms with Gasteiger partial charge in [-0.05, 0) is 38.0 Å². The van der Waals surface area contributed by atoms with Crippen LogP contribution in [0.1, 0.15) is 44.6 Å². The second-order valence-electron chi connectivity index (χ2n) is 5.25. The lowest BCUT2D eigenvalue weighted by atomic mass is 10.1. The molecule has 0 aliphatic heterocycles. The number of benzene rings is 1. The lowest BCUT2D eigenvalue weighted by molar-refractivity contribution is 0.199. The summed E-state index contributed by atoms with van der Waals surface area (Å²) in [6.07, 6.45) is 0.671. The minimum absolute atomic E-state index is 0.434. The Kier molecular flexibility index (Phi) is 4.99. The zero-order valence-electron chi connectivity index (χ0n) is 12.4. The molecule has 1 heterocycles. The Labute approximate surface area is 120 Å². The molecule has 0 aliphatic rings. The second kappa shape index (κ2) is 6.73. The molecular formula is C17H23NO2. The molecule has 0 aliphatic carbocycles. The second-order valence-corrected chi connectivity index (χ2v) is 5.25. The number of nitrogens with one attached hydrogen (secondary N) is 1. The predicted octanol–water partition coefficient (Wildman–Crippen LogP) is 3.89. The van der Waals surface area contributed by atoms with Crippen molar-refractivity contribution in [1.82, 2.24) is 5.32 Å². The van der Waals surface area contributed by atoms with E-state index < -0.39 is 6.10 Å². The van der Waals surface area contributed by atoms with Gasteiger partial charge in [0.25, 0.3) is 0 Å². The highest BCUT2D eigenvalue weighted by Crippen LogP contribution is 2.24. The SMILES string of the molecule is CC[C@H](C)NCc1ccc(-c2ccc([C@@H](C)O)cc2)o1. The highest BCUT2D eigenvalue weighted by molar-refractivity contribution is 5.58. The van der Waals surface area contributed by atoms with E-state index in [1.165, 1.54) is 0 Å². The zero-order valence-corrected chi connectivity index (χ0v) is 12.4. The van der Waals surface area contributed by atoms with Gasteiger partial charge in [0.15, 0.2) is 0 Å². The van der Waals surface area contributed by atoms with Crippen molar-refractivity contribution in [2.75, 3.05) is 0 Å². The monoisotopic (exact) mass is 273 g/mol.